The van der Waals surface area contributed by atoms with Gasteiger partial charge in [-0.2, -0.15) is 0 Å². The van der Waals surface area contributed by atoms with Gasteiger partial charge in [-0.3, -0.25) is 4.79 Å². The van der Waals surface area contributed by atoms with Crippen molar-refractivity contribution in [2.24, 2.45) is 0 Å². The van der Waals surface area contributed by atoms with Gasteiger partial charge in [0.15, 0.2) is 11.6 Å². The minimum absolute atomic E-state index is 0.0104. The minimum Gasteiger partial charge on any atom is -0.488 e. The summed E-state index contributed by atoms with van der Waals surface area (Å²) < 4.78 is 11.2. The predicted octanol–water partition coefficient (Wildman–Crippen LogP) is 4.39. The van der Waals surface area contributed by atoms with E-state index < -0.39 is 11.6 Å². The van der Waals surface area contributed by atoms with E-state index in [1.807, 2.05) is 36.6 Å². The molecule has 0 radical (unpaired) electrons. The van der Waals surface area contributed by atoms with Crippen molar-refractivity contribution in [2.75, 3.05) is 31.1 Å². The molecule has 0 saturated carbocycles. The second-order valence-electron chi connectivity index (χ2n) is 8.56. The molecule has 1 N–H and O–H groups in total. The molecule has 0 unspecified atom stereocenters. The molecular weight excluding hydrogens is 406 g/mol. The number of likely N-dealkylation sites (tertiary alicyclic amines) is 1. The largest absolute Gasteiger partial charge is 0.488 e. The van der Waals surface area contributed by atoms with Gasteiger partial charge in [0.25, 0.3) is 5.91 Å². The van der Waals surface area contributed by atoms with Gasteiger partial charge in [0.05, 0.1) is 17.1 Å². The first-order valence-corrected chi connectivity index (χ1v) is 10.6. The van der Waals surface area contributed by atoms with Crippen molar-refractivity contribution in [3.05, 3.63) is 40.5 Å². The molecule has 1 aromatic carbocycles. The van der Waals surface area contributed by atoms with Gasteiger partial charge in [0, 0.05) is 24.8 Å². The van der Waals surface area contributed by atoms with Crippen molar-refractivity contribution in [3.8, 4) is 5.75 Å². The molecular formula is C22H26ClN3O4. The Morgan fingerprint density at radius 1 is 1.13 bits per heavy atom. The first kappa shape index (κ1) is 20.6. The Morgan fingerprint density at radius 2 is 1.87 bits per heavy atom. The van der Waals surface area contributed by atoms with Crippen LogP contribution in [0.3, 0.4) is 0 Å². The van der Waals surface area contributed by atoms with E-state index in [1.54, 1.807) is 18.2 Å². The van der Waals surface area contributed by atoms with Gasteiger partial charge in [-0.05, 0) is 51.8 Å². The summed E-state index contributed by atoms with van der Waals surface area (Å²) in [5.41, 5.74) is 1.05. The molecule has 0 bridgehead atoms. The second-order valence-corrected chi connectivity index (χ2v) is 8.97. The third-order valence-corrected chi connectivity index (χ3v) is 5.42. The fourth-order valence-electron chi connectivity index (χ4n) is 3.73. The number of anilines is 2. The zero-order chi connectivity index (χ0) is 21.5. The number of nitrogens with one attached hydrogen (secondary N) is 1. The molecule has 1 amide bonds. The molecule has 2 aliphatic rings. The number of halogens is 1. The second kappa shape index (κ2) is 7.87. The van der Waals surface area contributed by atoms with Crippen LogP contribution in [0.4, 0.5) is 11.5 Å². The van der Waals surface area contributed by atoms with Crippen LogP contribution in [0.2, 0.25) is 5.02 Å². The van der Waals surface area contributed by atoms with Crippen molar-refractivity contribution in [2.45, 2.75) is 39.2 Å². The lowest BCUT2D eigenvalue weighted by atomic mass is 10.1. The van der Waals surface area contributed by atoms with E-state index in [1.165, 1.54) is 0 Å². The lowest BCUT2D eigenvalue weighted by Gasteiger charge is -2.29. The highest BCUT2D eigenvalue weighted by atomic mass is 35.5. The van der Waals surface area contributed by atoms with Gasteiger partial charge < -0.3 is 24.3 Å². The summed E-state index contributed by atoms with van der Waals surface area (Å²) in [5.74, 6) is 0.880. The summed E-state index contributed by atoms with van der Waals surface area (Å²) in [5, 5.41) is 0.315. The van der Waals surface area contributed by atoms with Gasteiger partial charge in [-0.1, -0.05) is 11.6 Å². The number of aromatic nitrogens is 1. The number of carbonyl (C=O) groups is 2. The van der Waals surface area contributed by atoms with E-state index in [0.29, 0.717) is 41.0 Å². The highest BCUT2D eigenvalue weighted by molar-refractivity contribution is 6.33. The standard InChI is InChI=1S/C22H26ClN3O4/c1-22(2,3)30-21(28)15-7-6-14(12-16(15)23)26-10-11-29-18-13-17(24-19(18)26)20(27)25-8-4-5-9-25/h6-7,12-13,24H,4-5,8-11H2,1-3H3. The van der Waals surface area contributed by atoms with Crippen LogP contribution in [-0.2, 0) is 4.74 Å². The molecule has 2 aromatic rings. The summed E-state index contributed by atoms with van der Waals surface area (Å²) >= 11 is 6.41. The monoisotopic (exact) mass is 431 g/mol. The van der Waals surface area contributed by atoms with Crippen LogP contribution in [0.25, 0.3) is 0 Å². The van der Waals surface area contributed by atoms with Crippen molar-refractivity contribution < 1.29 is 19.1 Å². The number of hydrogen-bond acceptors (Lipinski definition) is 5. The van der Waals surface area contributed by atoms with Crippen molar-refractivity contribution >= 4 is 35.0 Å². The fourth-order valence-corrected chi connectivity index (χ4v) is 3.98. The highest BCUT2D eigenvalue weighted by Crippen LogP contribution is 2.38. The molecule has 0 atom stereocenters. The SMILES string of the molecule is CC(C)(C)OC(=O)c1ccc(N2CCOc3cc(C(=O)N4CCCC4)[nH]c32)cc1Cl. The Kier molecular flexibility index (Phi) is 5.40. The summed E-state index contributed by atoms with van der Waals surface area (Å²) in [7, 11) is 0. The molecule has 8 heteroatoms. The topological polar surface area (TPSA) is 74.9 Å². The van der Waals surface area contributed by atoms with E-state index in [-0.39, 0.29) is 5.91 Å². The maximum Gasteiger partial charge on any atom is 0.340 e. The summed E-state index contributed by atoms with van der Waals surface area (Å²) in [6, 6.07) is 6.99. The van der Waals surface area contributed by atoms with Crippen LogP contribution in [0.5, 0.6) is 5.75 Å². The first-order chi connectivity index (χ1) is 14.2. The van der Waals surface area contributed by atoms with Gasteiger partial charge in [0.1, 0.15) is 17.9 Å². The summed E-state index contributed by atoms with van der Waals surface area (Å²) in [6.45, 7) is 8.09. The molecule has 1 fully saturated rings. The number of ether oxygens (including phenoxy) is 2. The molecule has 30 heavy (non-hydrogen) atoms. The van der Waals surface area contributed by atoms with E-state index in [4.69, 9.17) is 21.1 Å². The zero-order valence-electron chi connectivity index (χ0n) is 17.5. The van der Waals surface area contributed by atoms with Crippen LogP contribution in [-0.4, -0.2) is 53.6 Å². The fraction of sp³-hybridized carbons (Fsp3) is 0.455. The van der Waals surface area contributed by atoms with Crippen LogP contribution in [0.1, 0.15) is 54.5 Å². The number of esters is 1. The summed E-state index contributed by atoms with van der Waals surface area (Å²) in [6.07, 6.45) is 2.08. The van der Waals surface area contributed by atoms with Gasteiger partial charge in [-0.15, -0.1) is 0 Å². The van der Waals surface area contributed by atoms with Crippen molar-refractivity contribution in [1.82, 2.24) is 9.88 Å². The van der Waals surface area contributed by atoms with Gasteiger partial charge in [0.2, 0.25) is 0 Å². The number of rotatable bonds is 3. The zero-order valence-corrected chi connectivity index (χ0v) is 18.2. The van der Waals surface area contributed by atoms with Crippen LogP contribution in [0, 0.1) is 0 Å². The average Bonchev–Trinajstić information content (AvgIpc) is 3.35. The number of hydrogen-bond donors (Lipinski definition) is 1. The number of aromatic amines is 1. The maximum atomic E-state index is 12.7. The van der Waals surface area contributed by atoms with Gasteiger partial charge >= 0.3 is 5.97 Å². The Hall–Kier alpha value is -2.67. The molecule has 3 heterocycles. The lowest BCUT2D eigenvalue weighted by Crippen LogP contribution is -2.29. The summed E-state index contributed by atoms with van der Waals surface area (Å²) in [4.78, 5) is 32.2. The van der Waals surface area contributed by atoms with E-state index in [2.05, 4.69) is 4.98 Å². The number of amides is 1. The highest BCUT2D eigenvalue weighted by Gasteiger charge is 2.28. The average molecular weight is 432 g/mol. The molecule has 2 aliphatic heterocycles. The quantitative estimate of drug-likeness (QED) is 0.729. The number of nitrogens with zero attached hydrogens (tertiary/aromatic N) is 2. The Bertz CT molecular complexity index is 973. The van der Waals surface area contributed by atoms with Crippen LogP contribution < -0.4 is 9.64 Å². The van der Waals surface area contributed by atoms with E-state index in [9.17, 15) is 9.59 Å². The molecule has 0 spiro atoms. The molecule has 160 valence electrons. The smallest absolute Gasteiger partial charge is 0.340 e. The number of benzene rings is 1. The Morgan fingerprint density at radius 3 is 2.53 bits per heavy atom. The number of H-pyrrole nitrogens is 1. The predicted molar refractivity (Wildman–Crippen MR) is 115 cm³/mol. The first-order valence-electron chi connectivity index (χ1n) is 10.2. The molecule has 1 aromatic heterocycles. The lowest BCUT2D eigenvalue weighted by molar-refractivity contribution is 0.00696. The van der Waals surface area contributed by atoms with Crippen molar-refractivity contribution in [1.29, 1.82) is 0 Å². The molecule has 4 rings (SSSR count). The van der Waals surface area contributed by atoms with E-state index in [0.717, 1.165) is 31.6 Å². The molecule has 0 aliphatic carbocycles. The normalized spacial score (nSPS) is 16.3. The Balaban J connectivity index is 1.59. The number of fused-ring (bicyclic) bond motifs is 1. The third-order valence-electron chi connectivity index (χ3n) is 5.11. The Labute approximate surface area is 180 Å². The van der Waals surface area contributed by atoms with Crippen molar-refractivity contribution in [3.63, 3.8) is 0 Å². The van der Waals surface area contributed by atoms with Crippen LogP contribution >= 0.6 is 11.6 Å². The number of carbonyl (C=O) groups excluding carboxylic acids is 2. The molecule has 7 nitrogen and oxygen atoms in total. The molecule has 1 saturated heterocycles. The maximum absolute atomic E-state index is 12.7. The van der Waals surface area contributed by atoms with E-state index >= 15 is 0 Å². The third kappa shape index (κ3) is 4.12. The van der Waals surface area contributed by atoms with Crippen LogP contribution in [0.15, 0.2) is 24.3 Å². The minimum atomic E-state index is -0.597. The van der Waals surface area contributed by atoms with Gasteiger partial charge in [-0.25, -0.2) is 4.79 Å².